The van der Waals surface area contributed by atoms with Crippen molar-refractivity contribution in [1.29, 1.82) is 0 Å². The lowest BCUT2D eigenvalue weighted by atomic mass is 9.89. The molecule has 1 rings (SSSR count). The highest BCUT2D eigenvalue weighted by molar-refractivity contribution is 7.94. The predicted octanol–water partition coefficient (Wildman–Crippen LogP) is 2.48. The third-order valence-corrected chi connectivity index (χ3v) is 5.97. The number of carboxylic acid groups (broad SMARTS) is 1. The van der Waals surface area contributed by atoms with Crippen molar-refractivity contribution in [1.82, 2.24) is 0 Å². The van der Waals surface area contributed by atoms with Crippen LogP contribution in [0.4, 0.5) is 5.69 Å². The van der Waals surface area contributed by atoms with E-state index in [0.29, 0.717) is 12.1 Å². The summed E-state index contributed by atoms with van der Waals surface area (Å²) in [6.07, 6.45) is 0.651. The number of hydrogen-bond donors (Lipinski definition) is 2. The van der Waals surface area contributed by atoms with E-state index in [9.17, 15) is 18.0 Å². The van der Waals surface area contributed by atoms with E-state index in [1.165, 1.54) is 24.3 Å². The van der Waals surface area contributed by atoms with Gasteiger partial charge in [0.05, 0.1) is 4.90 Å². The smallest absolute Gasteiger partial charge is 0.337 e. The number of alkyl halides is 1. The zero-order valence-corrected chi connectivity index (χ0v) is 14.0. The molecule has 1 amide bonds. The van der Waals surface area contributed by atoms with E-state index in [4.69, 9.17) is 16.7 Å². The van der Waals surface area contributed by atoms with E-state index in [1.54, 1.807) is 13.8 Å². The van der Waals surface area contributed by atoms with Crippen molar-refractivity contribution in [3.8, 4) is 0 Å². The van der Waals surface area contributed by atoms with Crippen molar-refractivity contribution in [2.75, 3.05) is 5.32 Å². The molecular weight excluding hydrogens is 330 g/mol. The topological polar surface area (TPSA) is 101 Å². The van der Waals surface area contributed by atoms with Gasteiger partial charge in [0.2, 0.25) is 20.5 Å². The van der Waals surface area contributed by atoms with Crippen LogP contribution in [0.5, 0.6) is 0 Å². The van der Waals surface area contributed by atoms with Crippen LogP contribution < -0.4 is 5.32 Å². The van der Waals surface area contributed by atoms with Crippen LogP contribution >= 0.6 is 11.6 Å². The SMILES string of the molecule is CCC(C)(C)C(=O)Nc1ccc(S(=O)(=O)C(Cl)C(=O)O)cc1. The third-order valence-electron chi connectivity index (χ3n) is 3.41. The van der Waals surface area contributed by atoms with Gasteiger partial charge in [-0.2, -0.15) is 0 Å². The summed E-state index contributed by atoms with van der Waals surface area (Å²) in [4.78, 5) is 22.5. The molecule has 1 aromatic carbocycles. The molecule has 1 atom stereocenters. The molecule has 0 aromatic heterocycles. The molecule has 8 heteroatoms. The molecular formula is C14H18ClNO5S. The maximum absolute atomic E-state index is 12.0. The minimum absolute atomic E-state index is 0.189. The van der Waals surface area contributed by atoms with Gasteiger partial charge in [0.15, 0.2) is 0 Å². The molecule has 1 unspecified atom stereocenters. The monoisotopic (exact) mass is 347 g/mol. The summed E-state index contributed by atoms with van der Waals surface area (Å²) in [5, 5.41) is 11.4. The van der Waals surface area contributed by atoms with Crippen molar-refractivity contribution in [2.45, 2.75) is 36.8 Å². The summed E-state index contributed by atoms with van der Waals surface area (Å²) in [5.74, 6) is -1.82. The number of carboxylic acids is 1. The molecule has 0 aliphatic rings. The fourth-order valence-corrected chi connectivity index (χ4v) is 2.77. The Labute approximate surface area is 134 Å². The van der Waals surface area contributed by atoms with Gasteiger partial charge in [0, 0.05) is 11.1 Å². The molecule has 6 nitrogen and oxygen atoms in total. The zero-order valence-electron chi connectivity index (χ0n) is 12.5. The Balaban J connectivity index is 2.97. The number of benzene rings is 1. The van der Waals surface area contributed by atoms with Gasteiger partial charge in [-0.25, -0.2) is 13.2 Å². The number of carbonyl (C=O) groups excluding carboxylic acids is 1. The molecule has 22 heavy (non-hydrogen) atoms. The molecule has 0 aliphatic heterocycles. The molecule has 0 bridgehead atoms. The fourth-order valence-electron chi connectivity index (χ4n) is 1.44. The van der Waals surface area contributed by atoms with E-state index in [1.807, 2.05) is 6.92 Å². The Morgan fingerprint density at radius 3 is 2.18 bits per heavy atom. The van der Waals surface area contributed by atoms with Crippen LogP contribution in [0.1, 0.15) is 27.2 Å². The van der Waals surface area contributed by atoms with E-state index in [-0.39, 0.29) is 10.8 Å². The number of sulfone groups is 1. The van der Waals surface area contributed by atoms with Crippen molar-refractivity contribution in [3.05, 3.63) is 24.3 Å². The second kappa shape index (κ2) is 6.66. The van der Waals surface area contributed by atoms with Crippen LogP contribution in [-0.4, -0.2) is 30.1 Å². The number of anilines is 1. The first-order valence-corrected chi connectivity index (χ1v) is 8.53. The van der Waals surface area contributed by atoms with Gasteiger partial charge < -0.3 is 10.4 Å². The Hall–Kier alpha value is -1.60. The van der Waals surface area contributed by atoms with Crippen molar-refractivity contribution in [2.24, 2.45) is 5.41 Å². The molecule has 2 N–H and O–H groups in total. The molecule has 0 aliphatic carbocycles. The number of nitrogens with one attached hydrogen (secondary N) is 1. The minimum atomic E-state index is -4.16. The largest absolute Gasteiger partial charge is 0.479 e. The molecule has 0 saturated heterocycles. The number of aliphatic carboxylic acids is 1. The fraction of sp³-hybridized carbons (Fsp3) is 0.429. The number of hydrogen-bond acceptors (Lipinski definition) is 4. The molecule has 0 radical (unpaired) electrons. The van der Waals surface area contributed by atoms with Crippen LogP contribution in [0.25, 0.3) is 0 Å². The Morgan fingerprint density at radius 1 is 1.27 bits per heavy atom. The lowest BCUT2D eigenvalue weighted by Gasteiger charge is -2.21. The highest BCUT2D eigenvalue weighted by atomic mass is 35.5. The van der Waals surface area contributed by atoms with Gasteiger partial charge in [0.1, 0.15) is 0 Å². The van der Waals surface area contributed by atoms with Gasteiger partial charge in [-0.1, -0.05) is 32.4 Å². The lowest BCUT2D eigenvalue weighted by Crippen LogP contribution is -2.30. The summed E-state index contributed by atoms with van der Waals surface area (Å²) in [7, 11) is -4.16. The standard InChI is InChI=1S/C14H18ClNO5S/c1-4-14(2,3)13(19)16-9-5-7-10(8-6-9)22(20,21)11(15)12(17)18/h5-8,11H,4H2,1-3H3,(H,16,19)(H,17,18). The molecule has 0 heterocycles. The molecule has 122 valence electrons. The van der Waals surface area contributed by atoms with Crippen molar-refractivity contribution < 1.29 is 23.1 Å². The minimum Gasteiger partial charge on any atom is -0.479 e. The number of carbonyl (C=O) groups is 2. The van der Waals surface area contributed by atoms with E-state index < -0.39 is 25.9 Å². The van der Waals surface area contributed by atoms with E-state index in [0.717, 1.165) is 0 Å². The second-order valence-corrected chi connectivity index (χ2v) is 8.14. The summed E-state index contributed by atoms with van der Waals surface area (Å²) >= 11 is 5.39. The van der Waals surface area contributed by atoms with Crippen LogP contribution in [0.15, 0.2) is 29.2 Å². The average molecular weight is 348 g/mol. The van der Waals surface area contributed by atoms with Gasteiger partial charge >= 0.3 is 5.97 Å². The molecule has 0 saturated carbocycles. The third kappa shape index (κ3) is 3.98. The lowest BCUT2D eigenvalue weighted by molar-refractivity contribution is -0.135. The summed E-state index contributed by atoms with van der Waals surface area (Å²) in [5.41, 5.74) is -0.123. The summed E-state index contributed by atoms with van der Waals surface area (Å²) < 4.78 is 21.8. The van der Waals surface area contributed by atoms with Gasteiger partial charge in [-0.05, 0) is 30.7 Å². The number of rotatable bonds is 6. The first-order valence-electron chi connectivity index (χ1n) is 6.54. The van der Waals surface area contributed by atoms with Crippen molar-refractivity contribution >= 4 is 39.0 Å². The van der Waals surface area contributed by atoms with E-state index >= 15 is 0 Å². The highest BCUT2D eigenvalue weighted by Crippen LogP contribution is 2.24. The molecule has 0 fully saturated rings. The molecule has 1 aromatic rings. The summed E-state index contributed by atoms with van der Waals surface area (Å²) in [6, 6.07) is 5.20. The maximum atomic E-state index is 12.0. The highest BCUT2D eigenvalue weighted by Gasteiger charge is 2.32. The van der Waals surface area contributed by atoms with Crippen LogP contribution in [0.2, 0.25) is 0 Å². The first-order chi connectivity index (χ1) is 10.0. The van der Waals surface area contributed by atoms with Crippen molar-refractivity contribution in [3.63, 3.8) is 0 Å². The zero-order chi connectivity index (χ0) is 17.1. The van der Waals surface area contributed by atoms with Crippen LogP contribution in [0.3, 0.4) is 0 Å². The quantitative estimate of drug-likeness (QED) is 0.770. The van der Waals surface area contributed by atoms with Gasteiger partial charge in [-0.15, -0.1) is 0 Å². The summed E-state index contributed by atoms with van der Waals surface area (Å²) in [6.45, 7) is 5.49. The predicted molar refractivity (Wildman–Crippen MR) is 83.6 cm³/mol. The first kappa shape index (κ1) is 18.4. The normalized spacial score (nSPS) is 13.5. The maximum Gasteiger partial charge on any atom is 0.337 e. The Bertz CT molecular complexity index is 667. The number of halogens is 1. The Morgan fingerprint density at radius 2 is 1.77 bits per heavy atom. The van der Waals surface area contributed by atoms with Gasteiger partial charge in [0.25, 0.3) is 0 Å². The van der Waals surface area contributed by atoms with E-state index in [2.05, 4.69) is 5.32 Å². The Kier molecular flexibility index (Phi) is 5.59. The number of amides is 1. The van der Waals surface area contributed by atoms with Crippen LogP contribution in [0, 0.1) is 5.41 Å². The second-order valence-electron chi connectivity index (χ2n) is 5.42. The van der Waals surface area contributed by atoms with Gasteiger partial charge in [-0.3, -0.25) is 4.79 Å². The molecule has 0 spiro atoms. The average Bonchev–Trinajstić information content (AvgIpc) is 2.46. The van der Waals surface area contributed by atoms with Crippen LogP contribution in [-0.2, 0) is 19.4 Å².